The summed E-state index contributed by atoms with van der Waals surface area (Å²) in [6.45, 7) is 2.50. The van der Waals surface area contributed by atoms with Crippen LogP contribution in [0.2, 0.25) is 0 Å². The number of hydrogen-bond donors (Lipinski definition) is 2. The van der Waals surface area contributed by atoms with Crippen LogP contribution >= 0.6 is 0 Å². The van der Waals surface area contributed by atoms with Crippen molar-refractivity contribution in [1.82, 2.24) is 5.32 Å². The molecule has 20 heavy (non-hydrogen) atoms. The predicted octanol–water partition coefficient (Wildman–Crippen LogP) is 2.80. The number of benzene rings is 1. The summed E-state index contributed by atoms with van der Waals surface area (Å²) in [6, 6.07) is 7.95. The topological polar surface area (TPSA) is 50.4 Å². The number of rotatable bonds is 5. The van der Waals surface area contributed by atoms with E-state index in [0.717, 1.165) is 17.9 Å². The van der Waals surface area contributed by atoms with Crippen LogP contribution in [0.4, 0.5) is 5.69 Å². The lowest BCUT2D eigenvalue weighted by atomic mass is 9.86. The molecular formula is C16H24N2O2. The summed E-state index contributed by atoms with van der Waals surface area (Å²) in [5, 5.41) is 6.27. The lowest BCUT2D eigenvalue weighted by Crippen LogP contribution is -2.43. The highest BCUT2D eigenvalue weighted by Crippen LogP contribution is 2.24. The van der Waals surface area contributed by atoms with Gasteiger partial charge in [-0.15, -0.1) is 0 Å². The summed E-state index contributed by atoms with van der Waals surface area (Å²) >= 11 is 0. The maximum Gasteiger partial charge on any atom is 0.239 e. The van der Waals surface area contributed by atoms with Gasteiger partial charge in [0.25, 0.3) is 0 Å². The predicted molar refractivity (Wildman–Crippen MR) is 81.0 cm³/mol. The fourth-order valence-electron chi connectivity index (χ4n) is 2.75. The van der Waals surface area contributed by atoms with Crippen LogP contribution in [0, 0.1) is 5.92 Å². The zero-order valence-electron chi connectivity index (χ0n) is 12.3. The molecular weight excluding hydrogens is 252 g/mol. The molecule has 0 saturated heterocycles. The van der Waals surface area contributed by atoms with Gasteiger partial charge in [-0.3, -0.25) is 4.79 Å². The van der Waals surface area contributed by atoms with E-state index in [0.29, 0.717) is 12.0 Å². The molecule has 1 amide bonds. The Morgan fingerprint density at radius 2 is 2.05 bits per heavy atom. The van der Waals surface area contributed by atoms with Gasteiger partial charge in [0, 0.05) is 6.04 Å². The number of methoxy groups -OCH3 is 1. The molecule has 1 fully saturated rings. The minimum Gasteiger partial charge on any atom is -0.495 e. The Morgan fingerprint density at radius 1 is 1.30 bits per heavy atom. The van der Waals surface area contributed by atoms with Crippen LogP contribution < -0.4 is 15.4 Å². The number of ether oxygens (including phenoxy) is 1. The number of amides is 1. The monoisotopic (exact) mass is 276 g/mol. The third kappa shape index (κ3) is 3.89. The number of anilines is 1. The van der Waals surface area contributed by atoms with Crippen LogP contribution in [0.3, 0.4) is 0 Å². The lowest BCUT2D eigenvalue weighted by Gasteiger charge is -2.29. The molecule has 0 radical (unpaired) electrons. The molecule has 2 rings (SSSR count). The van der Waals surface area contributed by atoms with Crippen LogP contribution in [-0.2, 0) is 4.79 Å². The molecule has 1 aromatic rings. The third-order valence-corrected chi connectivity index (χ3v) is 4.00. The van der Waals surface area contributed by atoms with E-state index in [1.54, 1.807) is 7.11 Å². The van der Waals surface area contributed by atoms with Gasteiger partial charge in [-0.05, 0) is 30.9 Å². The third-order valence-electron chi connectivity index (χ3n) is 4.00. The molecule has 0 unspecified atom stereocenters. The van der Waals surface area contributed by atoms with Crippen molar-refractivity contribution in [3.63, 3.8) is 0 Å². The van der Waals surface area contributed by atoms with Crippen molar-refractivity contribution in [2.75, 3.05) is 19.0 Å². The second-order valence-electron chi connectivity index (χ2n) is 5.49. The number of carbonyl (C=O) groups excluding carboxylic acids is 1. The molecule has 0 aromatic heterocycles. The molecule has 1 saturated carbocycles. The van der Waals surface area contributed by atoms with Crippen molar-refractivity contribution in [1.29, 1.82) is 0 Å². The van der Waals surface area contributed by atoms with Gasteiger partial charge in [-0.25, -0.2) is 0 Å². The van der Waals surface area contributed by atoms with E-state index in [1.807, 2.05) is 24.3 Å². The molecule has 0 bridgehead atoms. The smallest absolute Gasteiger partial charge is 0.239 e. The first-order chi connectivity index (χ1) is 9.70. The summed E-state index contributed by atoms with van der Waals surface area (Å²) in [4.78, 5) is 12.0. The Kier molecular flexibility index (Phi) is 5.27. The molecule has 110 valence electrons. The molecule has 0 heterocycles. The van der Waals surface area contributed by atoms with E-state index in [-0.39, 0.29) is 12.5 Å². The Morgan fingerprint density at radius 3 is 2.80 bits per heavy atom. The Hall–Kier alpha value is -1.71. The highest BCUT2D eigenvalue weighted by molar-refractivity contribution is 5.81. The Bertz CT molecular complexity index is 448. The fraction of sp³-hybridized carbons (Fsp3) is 0.562. The lowest BCUT2D eigenvalue weighted by molar-refractivity contribution is -0.120. The van der Waals surface area contributed by atoms with Crippen LogP contribution in [0.5, 0.6) is 5.75 Å². The van der Waals surface area contributed by atoms with E-state index in [4.69, 9.17) is 4.74 Å². The van der Waals surface area contributed by atoms with Crippen LogP contribution in [0.15, 0.2) is 24.3 Å². The van der Waals surface area contributed by atoms with Gasteiger partial charge in [0.15, 0.2) is 0 Å². The highest BCUT2D eigenvalue weighted by atomic mass is 16.5. The van der Waals surface area contributed by atoms with E-state index in [1.165, 1.54) is 19.3 Å². The van der Waals surface area contributed by atoms with Crippen LogP contribution in [0.25, 0.3) is 0 Å². The number of para-hydroxylation sites is 2. The van der Waals surface area contributed by atoms with Gasteiger partial charge < -0.3 is 15.4 Å². The molecule has 4 nitrogen and oxygen atoms in total. The Balaban J connectivity index is 1.82. The van der Waals surface area contributed by atoms with E-state index >= 15 is 0 Å². The Labute approximate surface area is 120 Å². The molecule has 0 aliphatic heterocycles. The first-order valence-corrected chi connectivity index (χ1v) is 7.37. The molecule has 1 aliphatic carbocycles. The summed E-state index contributed by atoms with van der Waals surface area (Å²) in [5.41, 5.74) is 0.849. The summed E-state index contributed by atoms with van der Waals surface area (Å²) in [7, 11) is 1.63. The van der Waals surface area contributed by atoms with Gasteiger partial charge in [0.2, 0.25) is 5.91 Å². The van der Waals surface area contributed by atoms with Crippen molar-refractivity contribution in [2.45, 2.75) is 38.6 Å². The van der Waals surface area contributed by atoms with Gasteiger partial charge >= 0.3 is 0 Å². The number of carbonyl (C=O) groups is 1. The SMILES string of the molecule is COc1ccccc1NCC(=O)N[C@H]1CCCC[C@H]1C. The average molecular weight is 276 g/mol. The van der Waals surface area contributed by atoms with Crippen molar-refractivity contribution < 1.29 is 9.53 Å². The standard InChI is InChI=1S/C16H24N2O2/c1-12-7-3-4-8-13(12)18-16(19)11-17-14-9-5-6-10-15(14)20-2/h5-6,9-10,12-13,17H,3-4,7-8,11H2,1-2H3,(H,18,19)/t12-,13+/m1/s1. The van der Waals surface area contributed by atoms with Crippen molar-refractivity contribution in [2.24, 2.45) is 5.92 Å². The largest absolute Gasteiger partial charge is 0.495 e. The highest BCUT2D eigenvalue weighted by Gasteiger charge is 2.22. The van der Waals surface area contributed by atoms with Gasteiger partial charge in [-0.2, -0.15) is 0 Å². The maximum absolute atomic E-state index is 12.0. The second-order valence-corrected chi connectivity index (χ2v) is 5.49. The summed E-state index contributed by atoms with van der Waals surface area (Å²) in [5.74, 6) is 1.39. The van der Waals surface area contributed by atoms with Crippen LogP contribution in [0.1, 0.15) is 32.6 Å². The van der Waals surface area contributed by atoms with Gasteiger partial charge in [0.05, 0.1) is 19.3 Å². The molecule has 1 aliphatic rings. The van der Waals surface area contributed by atoms with E-state index < -0.39 is 0 Å². The first kappa shape index (κ1) is 14.7. The molecule has 1 aromatic carbocycles. The van der Waals surface area contributed by atoms with Gasteiger partial charge in [0.1, 0.15) is 5.75 Å². The van der Waals surface area contributed by atoms with E-state index in [9.17, 15) is 4.79 Å². The minimum absolute atomic E-state index is 0.0506. The molecule has 2 N–H and O–H groups in total. The fourth-order valence-corrected chi connectivity index (χ4v) is 2.75. The second kappa shape index (κ2) is 7.17. The minimum atomic E-state index is 0.0506. The molecule has 4 heteroatoms. The first-order valence-electron chi connectivity index (χ1n) is 7.37. The summed E-state index contributed by atoms with van der Waals surface area (Å²) in [6.07, 6.45) is 4.81. The maximum atomic E-state index is 12.0. The normalized spacial score (nSPS) is 22.1. The van der Waals surface area contributed by atoms with Crippen LogP contribution in [-0.4, -0.2) is 25.6 Å². The van der Waals surface area contributed by atoms with Gasteiger partial charge in [-0.1, -0.05) is 31.9 Å². The van der Waals surface area contributed by atoms with Crippen molar-refractivity contribution in [3.8, 4) is 5.75 Å². The zero-order valence-corrected chi connectivity index (χ0v) is 12.3. The van der Waals surface area contributed by atoms with Crippen molar-refractivity contribution in [3.05, 3.63) is 24.3 Å². The number of hydrogen-bond acceptors (Lipinski definition) is 3. The number of nitrogens with one attached hydrogen (secondary N) is 2. The quantitative estimate of drug-likeness (QED) is 0.869. The molecule has 0 spiro atoms. The summed E-state index contributed by atoms with van der Waals surface area (Å²) < 4.78 is 5.25. The zero-order chi connectivity index (χ0) is 14.4. The average Bonchev–Trinajstić information content (AvgIpc) is 2.48. The molecule has 2 atom stereocenters. The van der Waals surface area contributed by atoms with Crippen molar-refractivity contribution >= 4 is 11.6 Å². The van der Waals surface area contributed by atoms with E-state index in [2.05, 4.69) is 17.6 Å².